The Morgan fingerprint density at radius 2 is 2.06 bits per heavy atom. The number of carboxylic acids is 1. The number of aliphatic carboxylic acids is 1. The van der Waals surface area contributed by atoms with Crippen LogP contribution in [0.3, 0.4) is 0 Å². The fourth-order valence-electron chi connectivity index (χ4n) is 1.49. The lowest BCUT2D eigenvalue weighted by Crippen LogP contribution is -2.16. The number of phenols is 1. The third kappa shape index (κ3) is 2.65. The second-order valence-electron chi connectivity index (χ2n) is 4.44. The predicted molar refractivity (Wildman–Crippen MR) is 63.9 cm³/mol. The van der Waals surface area contributed by atoms with E-state index >= 15 is 0 Å². The van der Waals surface area contributed by atoms with Crippen molar-refractivity contribution in [1.29, 1.82) is 0 Å². The lowest BCUT2D eigenvalue weighted by molar-refractivity contribution is -0.146. The van der Waals surface area contributed by atoms with E-state index in [1.165, 1.54) is 18.2 Å². The summed E-state index contributed by atoms with van der Waals surface area (Å²) >= 11 is 0. The van der Waals surface area contributed by atoms with Crippen molar-refractivity contribution >= 4 is 5.97 Å². The molecule has 0 saturated heterocycles. The second-order valence-corrected chi connectivity index (χ2v) is 4.44. The Morgan fingerprint density at radius 3 is 2.53 bits per heavy atom. The first kappa shape index (κ1) is 13.3. The molecular formula is C13H16O4. The van der Waals surface area contributed by atoms with Gasteiger partial charge in [-0.1, -0.05) is 26.0 Å². The molecule has 0 aliphatic rings. The van der Waals surface area contributed by atoms with Crippen LogP contribution in [0.5, 0.6) is 5.75 Å². The SMILES string of the molecule is C=CC(C)(C)c1cc(C(O)C(=O)O)ccc1O. The first-order chi connectivity index (χ1) is 7.79. The summed E-state index contributed by atoms with van der Waals surface area (Å²) in [5, 5.41) is 27.9. The minimum Gasteiger partial charge on any atom is -0.508 e. The van der Waals surface area contributed by atoms with Crippen LogP contribution in [0.15, 0.2) is 30.9 Å². The number of rotatable bonds is 4. The van der Waals surface area contributed by atoms with E-state index in [9.17, 15) is 15.0 Å². The summed E-state index contributed by atoms with van der Waals surface area (Å²) in [6.07, 6.45) is 0.0638. The molecule has 1 unspecified atom stereocenters. The third-order valence-corrected chi connectivity index (χ3v) is 2.77. The fourth-order valence-corrected chi connectivity index (χ4v) is 1.49. The minimum absolute atomic E-state index is 0.0521. The van der Waals surface area contributed by atoms with E-state index in [2.05, 4.69) is 6.58 Å². The van der Waals surface area contributed by atoms with Crippen molar-refractivity contribution in [2.75, 3.05) is 0 Å². The van der Waals surface area contributed by atoms with Crippen molar-refractivity contribution in [3.63, 3.8) is 0 Å². The maximum absolute atomic E-state index is 10.7. The average Bonchev–Trinajstić information content (AvgIpc) is 2.28. The number of aliphatic hydroxyl groups is 1. The first-order valence-electron chi connectivity index (χ1n) is 5.17. The van der Waals surface area contributed by atoms with E-state index in [0.29, 0.717) is 5.56 Å². The van der Waals surface area contributed by atoms with Gasteiger partial charge in [-0.25, -0.2) is 4.79 Å². The van der Waals surface area contributed by atoms with E-state index in [0.717, 1.165) is 0 Å². The number of hydrogen-bond donors (Lipinski definition) is 3. The van der Waals surface area contributed by atoms with Crippen LogP contribution in [-0.4, -0.2) is 21.3 Å². The highest BCUT2D eigenvalue weighted by molar-refractivity contribution is 5.74. The van der Waals surface area contributed by atoms with Crippen LogP contribution in [0.25, 0.3) is 0 Å². The molecule has 1 aromatic rings. The van der Waals surface area contributed by atoms with Crippen LogP contribution in [0, 0.1) is 0 Å². The van der Waals surface area contributed by atoms with Gasteiger partial charge in [0.2, 0.25) is 0 Å². The first-order valence-corrected chi connectivity index (χ1v) is 5.17. The zero-order valence-electron chi connectivity index (χ0n) is 9.84. The van der Waals surface area contributed by atoms with Crippen LogP contribution >= 0.6 is 0 Å². The number of aliphatic hydroxyl groups excluding tert-OH is 1. The zero-order valence-corrected chi connectivity index (χ0v) is 9.84. The van der Waals surface area contributed by atoms with Gasteiger partial charge >= 0.3 is 5.97 Å². The Kier molecular flexibility index (Phi) is 3.58. The molecule has 4 heteroatoms. The second kappa shape index (κ2) is 4.59. The van der Waals surface area contributed by atoms with Crippen LogP contribution in [0.1, 0.15) is 31.1 Å². The highest BCUT2D eigenvalue weighted by Gasteiger charge is 2.23. The molecule has 1 rings (SSSR count). The quantitative estimate of drug-likeness (QED) is 0.698. The molecule has 92 valence electrons. The van der Waals surface area contributed by atoms with Gasteiger partial charge in [-0.3, -0.25) is 0 Å². The minimum atomic E-state index is -1.59. The molecule has 0 bridgehead atoms. The van der Waals surface area contributed by atoms with E-state index in [1.54, 1.807) is 6.08 Å². The maximum atomic E-state index is 10.7. The van der Waals surface area contributed by atoms with Crippen molar-refractivity contribution in [2.45, 2.75) is 25.4 Å². The number of benzene rings is 1. The summed E-state index contributed by atoms with van der Waals surface area (Å²) in [6, 6.07) is 4.24. The summed E-state index contributed by atoms with van der Waals surface area (Å²) in [7, 11) is 0. The Morgan fingerprint density at radius 1 is 1.47 bits per heavy atom. The van der Waals surface area contributed by atoms with Crippen molar-refractivity contribution in [3.05, 3.63) is 42.0 Å². The highest BCUT2D eigenvalue weighted by atomic mass is 16.4. The molecule has 0 aliphatic heterocycles. The van der Waals surface area contributed by atoms with Crippen molar-refractivity contribution < 1.29 is 20.1 Å². The van der Waals surface area contributed by atoms with Crippen LogP contribution in [0.4, 0.5) is 0 Å². The number of hydrogen-bond acceptors (Lipinski definition) is 3. The molecule has 0 spiro atoms. The maximum Gasteiger partial charge on any atom is 0.337 e. The van der Waals surface area contributed by atoms with Gasteiger partial charge in [0, 0.05) is 11.0 Å². The summed E-state index contributed by atoms with van der Waals surface area (Å²) in [5.74, 6) is -1.27. The van der Waals surface area contributed by atoms with Crippen molar-refractivity contribution in [3.8, 4) is 5.75 Å². The van der Waals surface area contributed by atoms with Gasteiger partial charge in [-0.05, 0) is 17.7 Å². The van der Waals surface area contributed by atoms with Crippen LogP contribution < -0.4 is 0 Å². The zero-order chi connectivity index (χ0) is 13.2. The number of allylic oxidation sites excluding steroid dienone is 1. The molecular weight excluding hydrogens is 220 g/mol. The molecule has 0 heterocycles. The standard InChI is InChI=1S/C13H16O4/c1-4-13(2,3)9-7-8(5-6-10(9)14)11(15)12(16)17/h4-7,11,14-15H,1H2,2-3H3,(H,16,17). The van der Waals surface area contributed by atoms with Crippen molar-refractivity contribution in [2.24, 2.45) is 0 Å². The topological polar surface area (TPSA) is 77.8 Å². The molecule has 3 N–H and O–H groups in total. The molecule has 0 radical (unpaired) electrons. The monoisotopic (exact) mass is 236 g/mol. The highest BCUT2D eigenvalue weighted by Crippen LogP contribution is 2.33. The average molecular weight is 236 g/mol. The van der Waals surface area contributed by atoms with Gasteiger partial charge in [-0.2, -0.15) is 0 Å². The van der Waals surface area contributed by atoms with E-state index < -0.39 is 17.5 Å². The van der Waals surface area contributed by atoms with Gasteiger partial charge in [0.05, 0.1) is 0 Å². The largest absolute Gasteiger partial charge is 0.508 e. The number of aromatic hydroxyl groups is 1. The summed E-state index contributed by atoms with van der Waals surface area (Å²) in [6.45, 7) is 7.35. The molecule has 1 aromatic carbocycles. The third-order valence-electron chi connectivity index (χ3n) is 2.77. The van der Waals surface area contributed by atoms with Crippen molar-refractivity contribution in [1.82, 2.24) is 0 Å². The van der Waals surface area contributed by atoms with Crippen LogP contribution in [0.2, 0.25) is 0 Å². The molecule has 0 aliphatic carbocycles. The van der Waals surface area contributed by atoms with E-state index in [4.69, 9.17) is 5.11 Å². The normalized spacial score (nSPS) is 13.1. The fraction of sp³-hybridized carbons (Fsp3) is 0.308. The smallest absolute Gasteiger partial charge is 0.337 e. The predicted octanol–water partition coefficient (Wildman–Crippen LogP) is 1.97. The molecule has 0 aromatic heterocycles. The van der Waals surface area contributed by atoms with Gasteiger partial charge in [0.15, 0.2) is 6.10 Å². The molecule has 4 nitrogen and oxygen atoms in total. The Hall–Kier alpha value is -1.81. The number of phenolic OH excluding ortho intramolecular Hbond substituents is 1. The van der Waals surface area contributed by atoms with Crippen LogP contribution in [-0.2, 0) is 10.2 Å². The Bertz CT molecular complexity index is 449. The summed E-state index contributed by atoms with van der Waals surface area (Å²) < 4.78 is 0. The van der Waals surface area contributed by atoms with Gasteiger partial charge in [0.25, 0.3) is 0 Å². The van der Waals surface area contributed by atoms with Gasteiger partial charge < -0.3 is 15.3 Å². The molecule has 0 saturated carbocycles. The number of carbonyl (C=O) groups is 1. The molecule has 0 fully saturated rings. The van der Waals surface area contributed by atoms with Gasteiger partial charge in [0.1, 0.15) is 5.75 Å². The summed E-state index contributed by atoms with van der Waals surface area (Å²) in [4.78, 5) is 10.7. The molecule has 0 amide bonds. The lowest BCUT2D eigenvalue weighted by Gasteiger charge is -2.22. The number of carboxylic acid groups (broad SMARTS) is 1. The summed E-state index contributed by atoms with van der Waals surface area (Å²) in [5.41, 5.74) is 0.267. The molecule has 17 heavy (non-hydrogen) atoms. The lowest BCUT2D eigenvalue weighted by atomic mass is 9.83. The van der Waals surface area contributed by atoms with E-state index in [-0.39, 0.29) is 11.3 Å². The van der Waals surface area contributed by atoms with E-state index in [1.807, 2.05) is 13.8 Å². The Balaban J connectivity index is 3.29. The van der Waals surface area contributed by atoms with Gasteiger partial charge in [-0.15, -0.1) is 6.58 Å². The Labute approximate surface area is 99.8 Å². The molecule has 1 atom stereocenters.